The molecule has 1 amide bonds. The fourth-order valence-electron chi connectivity index (χ4n) is 2.39. The highest BCUT2D eigenvalue weighted by molar-refractivity contribution is 8.00. The maximum absolute atomic E-state index is 12.2. The minimum absolute atomic E-state index is 0.0937. The first-order valence-corrected chi connectivity index (χ1v) is 7.79. The second-order valence-electron chi connectivity index (χ2n) is 5.17. The summed E-state index contributed by atoms with van der Waals surface area (Å²) in [4.78, 5) is 20.4. The third-order valence-electron chi connectivity index (χ3n) is 3.63. The van der Waals surface area contributed by atoms with Gasteiger partial charge < -0.3 is 5.32 Å². The first-order valence-electron chi connectivity index (χ1n) is 6.91. The molecule has 1 fully saturated rings. The van der Waals surface area contributed by atoms with Crippen LogP contribution in [0.5, 0.6) is 0 Å². The molecule has 0 saturated heterocycles. The molecule has 5 heteroatoms. The Hall–Kier alpha value is -1.10. The van der Waals surface area contributed by atoms with E-state index in [2.05, 4.69) is 22.2 Å². The van der Waals surface area contributed by atoms with Gasteiger partial charge in [-0.1, -0.05) is 31.5 Å². The summed E-state index contributed by atoms with van der Waals surface area (Å²) in [5, 5.41) is 3.67. The lowest BCUT2D eigenvalue weighted by Crippen LogP contribution is -2.44. The third kappa shape index (κ3) is 4.20. The van der Waals surface area contributed by atoms with E-state index in [0.717, 1.165) is 6.42 Å². The SMILES string of the molecule is C[C@@H](Sc1ncccn1)C(=O)N[C@H]1CCCC[C@@H]1C. The molecule has 2 rings (SSSR count). The number of carbonyl (C=O) groups is 1. The molecular weight excluding hydrogens is 258 g/mol. The molecule has 0 bridgehead atoms. The Morgan fingerprint density at radius 3 is 2.74 bits per heavy atom. The Morgan fingerprint density at radius 1 is 1.37 bits per heavy atom. The van der Waals surface area contributed by atoms with Crippen molar-refractivity contribution < 1.29 is 4.79 Å². The zero-order valence-electron chi connectivity index (χ0n) is 11.5. The first kappa shape index (κ1) is 14.3. The highest BCUT2D eigenvalue weighted by Crippen LogP contribution is 2.25. The lowest BCUT2D eigenvalue weighted by molar-refractivity contribution is -0.121. The molecule has 1 aliphatic rings. The van der Waals surface area contributed by atoms with Gasteiger partial charge in [0.05, 0.1) is 5.25 Å². The van der Waals surface area contributed by atoms with Crippen molar-refractivity contribution in [2.45, 2.75) is 56.0 Å². The molecule has 0 aliphatic heterocycles. The molecule has 19 heavy (non-hydrogen) atoms. The summed E-state index contributed by atoms with van der Waals surface area (Å²) in [7, 11) is 0. The van der Waals surface area contributed by atoms with Crippen molar-refractivity contribution in [3.8, 4) is 0 Å². The van der Waals surface area contributed by atoms with E-state index in [4.69, 9.17) is 0 Å². The Labute approximate surface area is 118 Å². The Morgan fingerprint density at radius 2 is 2.05 bits per heavy atom. The lowest BCUT2D eigenvalue weighted by Gasteiger charge is -2.30. The summed E-state index contributed by atoms with van der Waals surface area (Å²) < 4.78 is 0. The van der Waals surface area contributed by atoms with Gasteiger partial charge in [0.15, 0.2) is 5.16 Å². The fourth-order valence-corrected chi connectivity index (χ4v) is 3.12. The van der Waals surface area contributed by atoms with E-state index in [0.29, 0.717) is 17.1 Å². The molecule has 1 N–H and O–H groups in total. The van der Waals surface area contributed by atoms with E-state index in [1.807, 2.05) is 6.92 Å². The molecule has 104 valence electrons. The Bertz CT molecular complexity index is 412. The van der Waals surface area contributed by atoms with E-state index in [-0.39, 0.29) is 11.2 Å². The zero-order chi connectivity index (χ0) is 13.7. The van der Waals surface area contributed by atoms with Crippen LogP contribution in [0.25, 0.3) is 0 Å². The average molecular weight is 279 g/mol. The van der Waals surface area contributed by atoms with Crippen LogP contribution in [0.4, 0.5) is 0 Å². The number of hydrogen-bond donors (Lipinski definition) is 1. The van der Waals surface area contributed by atoms with E-state index in [9.17, 15) is 4.79 Å². The highest BCUT2D eigenvalue weighted by atomic mass is 32.2. The summed E-state index contributed by atoms with van der Waals surface area (Å²) in [6.07, 6.45) is 8.22. The zero-order valence-corrected chi connectivity index (χ0v) is 12.3. The predicted molar refractivity (Wildman–Crippen MR) is 76.9 cm³/mol. The summed E-state index contributed by atoms with van der Waals surface area (Å²) >= 11 is 1.41. The molecule has 3 atom stereocenters. The lowest BCUT2D eigenvalue weighted by atomic mass is 9.86. The fraction of sp³-hybridized carbons (Fsp3) is 0.643. The molecule has 4 nitrogen and oxygen atoms in total. The number of thioether (sulfide) groups is 1. The largest absolute Gasteiger partial charge is 0.352 e. The number of nitrogens with zero attached hydrogens (tertiary/aromatic N) is 2. The minimum atomic E-state index is -0.156. The number of carbonyl (C=O) groups excluding carboxylic acids is 1. The van der Waals surface area contributed by atoms with Crippen molar-refractivity contribution in [3.63, 3.8) is 0 Å². The van der Waals surface area contributed by atoms with E-state index in [1.54, 1.807) is 18.5 Å². The van der Waals surface area contributed by atoms with Crippen LogP contribution < -0.4 is 5.32 Å². The standard InChI is InChI=1S/C14H21N3OS/c1-10-6-3-4-7-12(10)17-13(18)11(2)19-14-15-8-5-9-16-14/h5,8-12H,3-4,6-7H2,1-2H3,(H,17,18)/t10-,11+,12-/m0/s1. The van der Waals surface area contributed by atoms with Crippen molar-refractivity contribution in [1.29, 1.82) is 0 Å². The van der Waals surface area contributed by atoms with E-state index in [1.165, 1.54) is 31.0 Å². The number of aromatic nitrogens is 2. The predicted octanol–water partition coefficient (Wildman–Crippen LogP) is 2.65. The molecular formula is C14H21N3OS. The third-order valence-corrected chi connectivity index (χ3v) is 4.62. The van der Waals surface area contributed by atoms with Crippen LogP contribution in [0.15, 0.2) is 23.6 Å². The number of amides is 1. The van der Waals surface area contributed by atoms with Gasteiger partial charge in [-0.25, -0.2) is 9.97 Å². The summed E-state index contributed by atoms with van der Waals surface area (Å²) in [6, 6.07) is 2.11. The molecule has 0 unspecified atom stereocenters. The topological polar surface area (TPSA) is 54.9 Å². The van der Waals surface area contributed by atoms with Crippen molar-refractivity contribution in [1.82, 2.24) is 15.3 Å². The van der Waals surface area contributed by atoms with Crippen molar-refractivity contribution in [2.75, 3.05) is 0 Å². The minimum Gasteiger partial charge on any atom is -0.352 e. The van der Waals surface area contributed by atoms with Gasteiger partial charge in [0, 0.05) is 18.4 Å². The van der Waals surface area contributed by atoms with Gasteiger partial charge in [0.2, 0.25) is 5.91 Å². The molecule has 0 spiro atoms. The van der Waals surface area contributed by atoms with Gasteiger partial charge in [-0.2, -0.15) is 0 Å². The second-order valence-corrected chi connectivity index (χ2v) is 6.48. The maximum atomic E-state index is 12.2. The van der Waals surface area contributed by atoms with Crippen molar-refractivity contribution in [2.24, 2.45) is 5.92 Å². The molecule has 1 aromatic heterocycles. The van der Waals surface area contributed by atoms with Crippen LogP contribution in [0.2, 0.25) is 0 Å². The molecule has 1 heterocycles. The smallest absolute Gasteiger partial charge is 0.233 e. The highest BCUT2D eigenvalue weighted by Gasteiger charge is 2.25. The number of nitrogens with one attached hydrogen (secondary N) is 1. The van der Waals surface area contributed by atoms with Crippen LogP contribution in [-0.2, 0) is 4.79 Å². The quantitative estimate of drug-likeness (QED) is 0.680. The maximum Gasteiger partial charge on any atom is 0.233 e. The van der Waals surface area contributed by atoms with E-state index >= 15 is 0 Å². The van der Waals surface area contributed by atoms with Crippen molar-refractivity contribution in [3.05, 3.63) is 18.5 Å². The first-order chi connectivity index (χ1) is 9.16. The van der Waals surface area contributed by atoms with Gasteiger partial charge in [0.25, 0.3) is 0 Å². The molecule has 1 saturated carbocycles. The van der Waals surface area contributed by atoms with Gasteiger partial charge >= 0.3 is 0 Å². The Balaban J connectivity index is 1.85. The van der Waals surface area contributed by atoms with E-state index < -0.39 is 0 Å². The molecule has 1 aromatic rings. The monoisotopic (exact) mass is 279 g/mol. The molecule has 0 aromatic carbocycles. The van der Waals surface area contributed by atoms with Crippen LogP contribution in [0, 0.1) is 5.92 Å². The van der Waals surface area contributed by atoms with Gasteiger partial charge in [-0.3, -0.25) is 4.79 Å². The summed E-state index contributed by atoms with van der Waals surface area (Å²) in [5.74, 6) is 0.680. The summed E-state index contributed by atoms with van der Waals surface area (Å²) in [6.45, 7) is 4.13. The van der Waals surface area contributed by atoms with Crippen LogP contribution in [0.1, 0.15) is 39.5 Å². The molecule has 0 radical (unpaired) electrons. The Kier molecular flexibility index (Phi) is 5.19. The van der Waals surface area contributed by atoms with Crippen LogP contribution in [-0.4, -0.2) is 27.2 Å². The van der Waals surface area contributed by atoms with Crippen LogP contribution in [0.3, 0.4) is 0 Å². The summed E-state index contributed by atoms with van der Waals surface area (Å²) in [5.41, 5.74) is 0. The number of hydrogen-bond acceptors (Lipinski definition) is 4. The number of rotatable bonds is 4. The van der Waals surface area contributed by atoms with Gasteiger partial charge in [0.1, 0.15) is 0 Å². The molecule has 1 aliphatic carbocycles. The van der Waals surface area contributed by atoms with Crippen LogP contribution >= 0.6 is 11.8 Å². The van der Waals surface area contributed by atoms with Crippen molar-refractivity contribution >= 4 is 17.7 Å². The average Bonchev–Trinajstić information content (AvgIpc) is 2.42. The second kappa shape index (κ2) is 6.89. The van der Waals surface area contributed by atoms with Gasteiger partial charge in [-0.05, 0) is 31.7 Å². The van der Waals surface area contributed by atoms with Gasteiger partial charge in [-0.15, -0.1) is 0 Å². The normalized spacial score (nSPS) is 24.7.